The lowest BCUT2D eigenvalue weighted by atomic mass is 9.85. The van der Waals surface area contributed by atoms with Gasteiger partial charge in [-0.3, -0.25) is 0 Å². The molecule has 3 N–H and O–H groups in total. The first kappa shape index (κ1) is 24.9. The lowest BCUT2D eigenvalue weighted by molar-refractivity contribution is 0.194. The molecule has 0 heterocycles. The molecule has 0 aliphatic carbocycles. The molecule has 3 nitrogen and oxygen atoms in total. The maximum absolute atomic E-state index is 5.85. The molecule has 0 saturated heterocycles. The summed E-state index contributed by atoms with van der Waals surface area (Å²) in [6.07, 6.45) is 8.90. The second kappa shape index (κ2) is 11.6. The molecular formula is C22H49N3. The molecule has 0 amide bonds. The Kier molecular flexibility index (Phi) is 11.5. The highest BCUT2D eigenvalue weighted by Crippen LogP contribution is 2.25. The van der Waals surface area contributed by atoms with E-state index in [4.69, 9.17) is 5.73 Å². The summed E-state index contributed by atoms with van der Waals surface area (Å²) < 4.78 is 0. The Labute approximate surface area is 159 Å². The highest BCUT2D eigenvalue weighted by Gasteiger charge is 2.26. The van der Waals surface area contributed by atoms with Crippen LogP contribution in [0.2, 0.25) is 0 Å². The predicted octanol–water partition coefficient (Wildman–Crippen LogP) is 5.05. The van der Waals surface area contributed by atoms with Crippen molar-refractivity contribution in [1.82, 2.24) is 10.2 Å². The summed E-state index contributed by atoms with van der Waals surface area (Å²) in [5, 5.41) is 3.90. The van der Waals surface area contributed by atoms with Crippen molar-refractivity contribution in [2.24, 2.45) is 16.6 Å². The van der Waals surface area contributed by atoms with Crippen molar-refractivity contribution in [2.45, 2.75) is 99.0 Å². The van der Waals surface area contributed by atoms with Crippen molar-refractivity contribution >= 4 is 0 Å². The van der Waals surface area contributed by atoms with E-state index in [1.54, 1.807) is 0 Å². The maximum atomic E-state index is 5.85. The van der Waals surface area contributed by atoms with E-state index in [0.717, 1.165) is 26.2 Å². The SMILES string of the molecule is CCCCCC(C)(CC)NCC(C)(C)CCN(C)CCC(C)(C)CN. The number of hydrogen-bond donors (Lipinski definition) is 2. The van der Waals surface area contributed by atoms with Crippen LogP contribution in [0.3, 0.4) is 0 Å². The van der Waals surface area contributed by atoms with Gasteiger partial charge in [-0.15, -0.1) is 0 Å². The van der Waals surface area contributed by atoms with Crippen molar-refractivity contribution in [3.63, 3.8) is 0 Å². The van der Waals surface area contributed by atoms with Crippen molar-refractivity contribution in [2.75, 3.05) is 33.2 Å². The van der Waals surface area contributed by atoms with Gasteiger partial charge in [-0.2, -0.15) is 0 Å². The second-order valence-corrected chi connectivity index (χ2v) is 10.1. The number of nitrogens with two attached hydrogens (primary N) is 1. The first-order valence-electron chi connectivity index (χ1n) is 10.6. The van der Waals surface area contributed by atoms with E-state index in [9.17, 15) is 0 Å². The summed E-state index contributed by atoms with van der Waals surface area (Å²) in [4.78, 5) is 2.47. The van der Waals surface area contributed by atoms with Gasteiger partial charge in [0.2, 0.25) is 0 Å². The molecule has 25 heavy (non-hydrogen) atoms. The first-order valence-corrected chi connectivity index (χ1v) is 10.6. The van der Waals surface area contributed by atoms with Gasteiger partial charge in [0.25, 0.3) is 0 Å². The molecule has 0 saturated carbocycles. The highest BCUT2D eigenvalue weighted by atomic mass is 15.1. The Morgan fingerprint density at radius 2 is 1.40 bits per heavy atom. The van der Waals surface area contributed by atoms with Crippen LogP contribution < -0.4 is 11.1 Å². The van der Waals surface area contributed by atoms with E-state index >= 15 is 0 Å². The van der Waals surface area contributed by atoms with E-state index in [2.05, 4.69) is 65.7 Å². The van der Waals surface area contributed by atoms with Crippen LogP contribution in [0.25, 0.3) is 0 Å². The van der Waals surface area contributed by atoms with Gasteiger partial charge in [0.15, 0.2) is 0 Å². The summed E-state index contributed by atoms with van der Waals surface area (Å²) in [7, 11) is 2.25. The van der Waals surface area contributed by atoms with Gasteiger partial charge >= 0.3 is 0 Å². The fraction of sp³-hybridized carbons (Fsp3) is 1.00. The summed E-state index contributed by atoms with van der Waals surface area (Å²) in [5.41, 5.74) is 6.73. The van der Waals surface area contributed by atoms with E-state index in [-0.39, 0.29) is 5.41 Å². The molecule has 0 aromatic heterocycles. The Morgan fingerprint density at radius 3 is 1.88 bits per heavy atom. The quantitative estimate of drug-likeness (QED) is 0.404. The van der Waals surface area contributed by atoms with Crippen molar-refractivity contribution < 1.29 is 0 Å². The molecular weight excluding hydrogens is 306 g/mol. The Morgan fingerprint density at radius 1 is 0.840 bits per heavy atom. The number of rotatable bonds is 15. The standard InChI is InChI=1S/C22H49N3/c1-9-11-12-13-22(7,10-2)24-19-21(5,6)15-17-25(8)16-14-20(3,4)18-23/h24H,9-19,23H2,1-8H3. The van der Waals surface area contributed by atoms with Crippen molar-refractivity contribution in [3.05, 3.63) is 0 Å². The number of nitrogens with zero attached hydrogens (tertiary/aromatic N) is 1. The van der Waals surface area contributed by atoms with Crippen molar-refractivity contribution in [3.8, 4) is 0 Å². The van der Waals surface area contributed by atoms with E-state index in [1.165, 1.54) is 44.9 Å². The first-order chi connectivity index (χ1) is 11.5. The molecule has 3 heteroatoms. The van der Waals surface area contributed by atoms with Gasteiger partial charge in [-0.25, -0.2) is 0 Å². The zero-order chi connectivity index (χ0) is 19.6. The molecule has 0 bridgehead atoms. The number of hydrogen-bond acceptors (Lipinski definition) is 3. The van der Waals surface area contributed by atoms with Crippen LogP contribution in [-0.2, 0) is 0 Å². The van der Waals surface area contributed by atoms with E-state index < -0.39 is 0 Å². The maximum Gasteiger partial charge on any atom is 0.0150 e. The van der Waals surface area contributed by atoms with Gasteiger partial charge in [-0.1, -0.05) is 60.8 Å². The van der Waals surface area contributed by atoms with Gasteiger partial charge in [0, 0.05) is 12.1 Å². The van der Waals surface area contributed by atoms with Crippen LogP contribution in [0.15, 0.2) is 0 Å². The summed E-state index contributed by atoms with van der Waals surface area (Å²) in [6.45, 7) is 20.5. The normalized spacial score (nSPS) is 15.6. The molecule has 0 fully saturated rings. The Hall–Kier alpha value is -0.120. The molecule has 1 atom stereocenters. The zero-order valence-electron chi connectivity index (χ0n) is 18.8. The van der Waals surface area contributed by atoms with Crippen LogP contribution in [0.5, 0.6) is 0 Å². The summed E-state index contributed by atoms with van der Waals surface area (Å²) >= 11 is 0. The summed E-state index contributed by atoms with van der Waals surface area (Å²) in [6, 6.07) is 0. The molecule has 0 aromatic carbocycles. The molecule has 0 radical (unpaired) electrons. The molecule has 0 rings (SSSR count). The van der Waals surface area contributed by atoms with Gasteiger partial charge < -0.3 is 16.0 Å². The smallest absolute Gasteiger partial charge is 0.0150 e. The second-order valence-electron chi connectivity index (χ2n) is 10.1. The Bertz CT molecular complexity index is 338. The Balaban J connectivity index is 4.25. The lowest BCUT2D eigenvalue weighted by Gasteiger charge is -2.36. The third kappa shape index (κ3) is 12.0. The van der Waals surface area contributed by atoms with Gasteiger partial charge in [0.05, 0.1) is 0 Å². The van der Waals surface area contributed by atoms with Crippen molar-refractivity contribution in [1.29, 1.82) is 0 Å². The number of unbranched alkanes of at least 4 members (excludes halogenated alkanes) is 2. The predicted molar refractivity (Wildman–Crippen MR) is 114 cm³/mol. The molecule has 0 aliphatic heterocycles. The highest BCUT2D eigenvalue weighted by molar-refractivity contribution is 4.85. The minimum atomic E-state index is 0.257. The monoisotopic (exact) mass is 355 g/mol. The minimum Gasteiger partial charge on any atom is -0.330 e. The van der Waals surface area contributed by atoms with Crippen LogP contribution >= 0.6 is 0 Å². The van der Waals surface area contributed by atoms with Gasteiger partial charge in [-0.05, 0) is 70.1 Å². The van der Waals surface area contributed by atoms with E-state index in [0.29, 0.717) is 11.0 Å². The largest absolute Gasteiger partial charge is 0.330 e. The fourth-order valence-electron chi connectivity index (χ4n) is 2.90. The molecule has 0 spiro atoms. The number of nitrogens with one attached hydrogen (secondary N) is 1. The van der Waals surface area contributed by atoms with Crippen LogP contribution in [0, 0.1) is 10.8 Å². The third-order valence-electron chi connectivity index (χ3n) is 6.00. The van der Waals surface area contributed by atoms with E-state index in [1.807, 2.05) is 0 Å². The minimum absolute atomic E-state index is 0.257. The van der Waals surface area contributed by atoms with Crippen LogP contribution in [0.1, 0.15) is 93.4 Å². The fourth-order valence-corrected chi connectivity index (χ4v) is 2.90. The third-order valence-corrected chi connectivity index (χ3v) is 6.00. The topological polar surface area (TPSA) is 41.3 Å². The average molecular weight is 356 g/mol. The average Bonchev–Trinajstić information content (AvgIpc) is 2.57. The van der Waals surface area contributed by atoms with Crippen LogP contribution in [0.4, 0.5) is 0 Å². The zero-order valence-corrected chi connectivity index (χ0v) is 18.8. The molecule has 0 aromatic rings. The summed E-state index contributed by atoms with van der Waals surface area (Å²) in [5.74, 6) is 0. The molecule has 1 unspecified atom stereocenters. The lowest BCUT2D eigenvalue weighted by Crippen LogP contribution is -2.46. The molecule has 152 valence electrons. The molecule has 0 aliphatic rings. The van der Waals surface area contributed by atoms with Gasteiger partial charge in [0.1, 0.15) is 0 Å². The van der Waals surface area contributed by atoms with Crippen LogP contribution in [-0.4, -0.2) is 43.7 Å².